The zero-order chi connectivity index (χ0) is 14.1. The van der Waals surface area contributed by atoms with E-state index in [0.29, 0.717) is 0 Å². The van der Waals surface area contributed by atoms with Gasteiger partial charge < -0.3 is 14.6 Å². The van der Waals surface area contributed by atoms with E-state index in [9.17, 15) is 0 Å². The molecule has 5 nitrogen and oxygen atoms in total. The smallest absolute Gasteiger partial charge is 0.139 e. The van der Waals surface area contributed by atoms with Crippen molar-refractivity contribution >= 4 is 11.3 Å². The highest BCUT2D eigenvalue weighted by Gasteiger charge is 2.12. The van der Waals surface area contributed by atoms with Crippen LogP contribution in [0.1, 0.15) is 0 Å². The highest BCUT2D eigenvalue weighted by Crippen LogP contribution is 2.22. The number of rotatable bonds is 2. The van der Waals surface area contributed by atoms with Crippen LogP contribution in [0.5, 0.6) is 0 Å². The van der Waals surface area contributed by atoms with Crippen LogP contribution in [0.15, 0.2) is 49.1 Å². The summed E-state index contributed by atoms with van der Waals surface area (Å²) >= 11 is 0. The Morgan fingerprint density at radius 1 is 1.05 bits per heavy atom. The van der Waals surface area contributed by atoms with Crippen molar-refractivity contribution in [1.82, 2.24) is 19.7 Å². The lowest BCUT2D eigenvalue weighted by Gasteiger charge is -2.29. The Morgan fingerprint density at radius 3 is 2.67 bits per heavy atom. The lowest BCUT2D eigenvalue weighted by Crippen LogP contribution is -2.43. The summed E-state index contributed by atoms with van der Waals surface area (Å²) in [5.41, 5.74) is 4.31. The van der Waals surface area contributed by atoms with Crippen molar-refractivity contribution in [3.8, 4) is 11.3 Å². The van der Waals surface area contributed by atoms with Gasteiger partial charge in [0.25, 0.3) is 0 Å². The van der Waals surface area contributed by atoms with E-state index in [1.165, 1.54) is 5.69 Å². The number of imidazole rings is 1. The Hall–Kier alpha value is -2.40. The van der Waals surface area contributed by atoms with Gasteiger partial charge in [-0.3, -0.25) is 4.98 Å². The largest absolute Gasteiger partial charge is 0.369 e. The van der Waals surface area contributed by atoms with E-state index < -0.39 is 0 Å². The molecule has 0 aromatic carbocycles. The zero-order valence-electron chi connectivity index (χ0n) is 11.7. The monoisotopic (exact) mass is 279 g/mol. The molecule has 21 heavy (non-hydrogen) atoms. The minimum Gasteiger partial charge on any atom is -0.369 e. The van der Waals surface area contributed by atoms with Crippen LogP contribution in [-0.2, 0) is 0 Å². The van der Waals surface area contributed by atoms with Crippen LogP contribution in [0.4, 0.5) is 5.69 Å². The van der Waals surface area contributed by atoms with Crippen molar-refractivity contribution in [2.45, 2.75) is 0 Å². The molecule has 0 spiro atoms. The molecule has 5 heteroatoms. The predicted molar refractivity (Wildman–Crippen MR) is 83.5 cm³/mol. The molecule has 1 fully saturated rings. The van der Waals surface area contributed by atoms with Crippen LogP contribution >= 0.6 is 0 Å². The number of pyridine rings is 2. The van der Waals surface area contributed by atoms with E-state index in [1.54, 1.807) is 12.4 Å². The first-order valence-corrected chi connectivity index (χ1v) is 7.25. The van der Waals surface area contributed by atoms with E-state index in [2.05, 4.69) is 44.1 Å². The molecule has 0 saturated carbocycles. The first kappa shape index (κ1) is 12.3. The molecule has 3 aromatic rings. The lowest BCUT2D eigenvalue weighted by molar-refractivity contribution is 0.589. The zero-order valence-corrected chi connectivity index (χ0v) is 11.7. The summed E-state index contributed by atoms with van der Waals surface area (Å²) < 4.78 is 2.07. The number of piperazine rings is 1. The van der Waals surface area contributed by atoms with Crippen molar-refractivity contribution in [2.24, 2.45) is 0 Å². The van der Waals surface area contributed by atoms with Crippen molar-refractivity contribution in [3.63, 3.8) is 0 Å². The second kappa shape index (κ2) is 5.18. The van der Waals surface area contributed by atoms with Crippen molar-refractivity contribution in [2.75, 3.05) is 31.1 Å². The van der Waals surface area contributed by atoms with Crippen molar-refractivity contribution in [3.05, 3.63) is 49.1 Å². The molecule has 0 bridgehead atoms. The van der Waals surface area contributed by atoms with Gasteiger partial charge in [-0.15, -0.1) is 0 Å². The Morgan fingerprint density at radius 2 is 1.86 bits per heavy atom. The summed E-state index contributed by atoms with van der Waals surface area (Å²) in [6, 6.07) is 8.30. The van der Waals surface area contributed by atoms with Crippen LogP contribution in [0.2, 0.25) is 0 Å². The highest BCUT2D eigenvalue weighted by molar-refractivity contribution is 5.65. The van der Waals surface area contributed by atoms with Gasteiger partial charge in [-0.05, 0) is 18.2 Å². The van der Waals surface area contributed by atoms with Gasteiger partial charge >= 0.3 is 0 Å². The summed E-state index contributed by atoms with van der Waals surface area (Å²) in [6.45, 7) is 4.19. The van der Waals surface area contributed by atoms with Crippen LogP contribution < -0.4 is 10.2 Å². The number of anilines is 1. The molecular weight excluding hydrogens is 262 g/mol. The predicted octanol–water partition coefficient (Wildman–Crippen LogP) is 1.81. The topological polar surface area (TPSA) is 45.5 Å². The second-order valence-electron chi connectivity index (χ2n) is 5.25. The standard InChI is InChI=1S/C16H17N5/c1-4-17-5-2-13(1)15-12-21-8-3-14(11-16(21)19-15)20-9-6-18-7-10-20/h1-5,8,11-12,18H,6-7,9-10H2. The average Bonchev–Trinajstić information content (AvgIpc) is 2.99. The molecular formula is C16H17N5. The maximum atomic E-state index is 4.73. The second-order valence-corrected chi connectivity index (χ2v) is 5.25. The molecule has 106 valence electrons. The van der Waals surface area contributed by atoms with Crippen LogP contribution in [-0.4, -0.2) is 40.5 Å². The van der Waals surface area contributed by atoms with E-state index in [4.69, 9.17) is 4.98 Å². The van der Waals surface area contributed by atoms with Gasteiger partial charge in [0.1, 0.15) is 5.65 Å². The minimum atomic E-state index is 0.981. The fourth-order valence-corrected chi connectivity index (χ4v) is 2.75. The van der Waals surface area contributed by atoms with Gasteiger partial charge in [0.15, 0.2) is 0 Å². The average molecular weight is 279 g/mol. The van der Waals surface area contributed by atoms with Gasteiger partial charge in [-0.1, -0.05) is 0 Å². The Labute approximate surface area is 123 Å². The third kappa shape index (κ3) is 2.36. The van der Waals surface area contributed by atoms with E-state index in [-0.39, 0.29) is 0 Å². The minimum absolute atomic E-state index is 0.981. The summed E-state index contributed by atoms with van der Waals surface area (Å²) in [5, 5.41) is 3.38. The number of fused-ring (bicyclic) bond motifs is 1. The fraction of sp³-hybridized carbons (Fsp3) is 0.250. The summed E-state index contributed by atoms with van der Waals surface area (Å²) in [4.78, 5) is 11.2. The molecule has 1 aliphatic heterocycles. The van der Waals surface area contributed by atoms with Gasteiger partial charge in [-0.2, -0.15) is 0 Å². The Bertz CT molecular complexity index is 744. The summed E-state index contributed by atoms with van der Waals surface area (Å²) in [6.07, 6.45) is 7.74. The molecule has 1 aliphatic rings. The van der Waals surface area contributed by atoms with Crippen LogP contribution in [0.3, 0.4) is 0 Å². The first-order chi connectivity index (χ1) is 10.4. The van der Waals surface area contributed by atoms with Gasteiger partial charge in [0.05, 0.1) is 5.69 Å². The van der Waals surface area contributed by atoms with Gasteiger partial charge in [0.2, 0.25) is 0 Å². The van der Waals surface area contributed by atoms with E-state index in [1.807, 2.05) is 12.1 Å². The maximum absolute atomic E-state index is 4.73. The molecule has 1 N–H and O–H groups in total. The number of nitrogens with one attached hydrogen (secondary N) is 1. The van der Waals surface area contributed by atoms with Crippen molar-refractivity contribution < 1.29 is 0 Å². The third-order valence-electron chi connectivity index (χ3n) is 3.90. The Kier molecular flexibility index (Phi) is 3.05. The quantitative estimate of drug-likeness (QED) is 0.777. The molecule has 0 amide bonds. The first-order valence-electron chi connectivity index (χ1n) is 7.25. The molecule has 0 unspecified atom stereocenters. The van der Waals surface area contributed by atoms with Gasteiger partial charge in [0, 0.05) is 68.3 Å². The van der Waals surface area contributed by atoms with E-state index in [0.717, 1.165) is 43.1 Å². The maximum Gasteiger partial charge on any atom is 0.139 e. The van der Waals surface area contributed by atoms with Crippen LogP contribution in [0, 0.1) is 0 Å². The number of aromatic nitrogens is 3. The molecule has 3 aromatic heterocycles. The third-order valence-corrected chi connectivity index (χ3v) is 3.90. The number of nitrogens with zero attached hydrogens (tertiary/aromatic N) is 4. The lowest BCUT2D eigenvalue weighted by atomic mass is 10.2. The molecule has 1 saturated heterocycles. The fourth-order valence-electron chi connectivity index (χ4n) is 2.75. The molecule has 0 aliphatic carbocycles. The SMILES string of the molecule is c1cc(-c2cn3ccc(N4CCNCC4)cc3n2)ccn1. The summed E-state index contributed by atoms with van der Waals surface area (Å²) in [5.74, 6) is 0. The van der Waals surface area contributed by atoms with E-state index >= 15 is 0 Å². The molecule has 0 atom stereocenters. The van der Waals surface area contributed by atoms with Gasteiger partial charge in [-0.25, -0.2) is 4.98 Å². The van der Waals surface area contributed by atoms with Crippen LogP contribution in [0.25, 0.3) is 16.9 Å². The van der Waals surface area contributed by atoms with Crippen molar-refractivity contribution in [1.29, 1.82) is 0 Å². The molecule has 4 heterocycles. The number of hydrogen-bond donors (Lipinski definition) is 1. The number of hydrogen-bond acceptors (Lipinski definition) is 4. The Balaban J connectivity index is 1.71. The highest BCUT2D eigenvalue weighted by atomic mass is 15.2. The molecule has 4 rings (SSSR count). The molecule has 0 radical (unpaired) electrons. The summed E-state index contributed by atoms with van der Waals surface area (Å²) in [7, 11) is 0. The normalized spacial score (nSPS) is 15.5.